The van der Waals surface area contributed by atoms with Crippen LogP contribution in [0.5, 0.6) is 0 Å². The highest BCUT2D eigenvalue weighted by molar-refractivity contribution is 9.10. The quantitative estimate of drug-likeness (QED) is 0.874. The Morgan fingerprint density at radius 3 is 2.59 bits per heavy atom. The number of halogens is 2. The molecule has 17 heavy (non-hydrogen) atoms. The molecule has 2 N–H and O–H groups in total. The zero-order valence-corrected chi connectivity index (χ0v) is 11.5. The minimum atomic E-state index is -0.983. The fourth-order valence-corrected chi connectivity index (χ4v) is 1.87. The Labute approximate surface area is 108 Å². The minimum Gasteiger partial charge on any atom is -0.469 e. The standard InChI is InChI=1S/C12H15BrFNO2/c1-12(2,11(16)17-3)10(15)8-5-4-7(13)6-9(8)14/h4-6,10H,15H2,1-3H3/t10-/m1/s1. The third-order valence-electron chi connectivity index (χ3n) is 2.79. The van der Waals surface area contributed by atoms with Gasteiger partial charge >= 0.3 is 5.97 Å². The number of nitrogens with two attached hydrogens (primary N) is 1. The fourth-order valence-electron chi connectivity index (χ4n) is 1.53. The molecule has 3 nitrogen and oxygen atoms in total. The van der Waals surface area contributed by atoms with Gasteiger partial charge in [0.05, 0.1) is 12.5 Å². The number of carbonyl (C=O) groups excluding carboxylic acids is 1. The van der Waals surface area contributed by atoms with Crippen molar-refractivity contribution in [1.82, 2.24) is 0 Å². The molecule has 0 saturated carbocycles. The maximum Gasteiger partial charge on any atom is 0.313 e. The Morgan fingerprint density at radius 1 is 1.53 bits per heavy atom. The zero-order chi connectivity index (χ0) is 13.2. The van der Waals surface area contributed by atoms with E-state index in [0.717, 1.165) is 0 Å². The number of hydrogen-bond donors (Lipinski definition) is 1. The summed E-state index contributed by atoms with van der Waals surface area (Å²) < 4.78 is 19.0. The molecule has 0 aliphatic heterocycles. The molecular formula is C12H15BrFNO2. The van der Waals surface area contributed by atoms with Gasteiger partial charge in [-0.15, -0.1) is 0 Å². The minimum absolute atomic E-state index is 0.295. The van der Waals surface area contributed by atoms with Gasteiger partial charge in [0.1, 0.15) is 5.82 Å². The Bertz CT molecular complexity index is 435. The van der Waals surface area contributed by atoms with Crippen LogP contribution in [-0.4, -0.2) is 13.1 Å². The number of esters is 1. The third-order valence-corrected chi connectivity index (χ3v) is 3.28. The van der Waals surface area contributed by atoms with E-state index < -0.39 is 23.2 Å². The SMILES string of the molecule is COC(=O)C(C)(C)[C@H](N)c1ccc(Br)cc1F. The second-order valence-electron chi connectivity index (χ2n) is 4.36. The van der Waals surface area contributed by atoms with Crippen molar-refractivity contribution < 1.29 is 13.9 Å². The molecule has 1 rings (SSSR count). The number of hydrogen-bond acceptors (Lipinski definition) is 3. The van der Waals surface area contributed by atoms with Crippen molar-refractivity contribution in [3.63, 3.8) is 0 Å². The van der Waals surface area contributed by atoms with Crippen molar-refractivity contribution >= 4 is 21.9 Å². The molecule has 0 heterocycles. The highest BCUT2D eigenvalue weighted by Crippen LogP contribution is 2.34. The largest absolute Gasteiger partial charge is 0.469 e. The van der Waals surface area contributed by atoms with Gasteiger partial charge in [-0.05, 0) is 26.0 Å². The fraction of sp³-hybridized carbons (Fsp3) is 0.417. The van der Waals surface area contributed by atoms with Crippen LogP contribution in [0.3, 0.4) is 0 Å². The van der Waals surface area contributed by atoms with E-state index in [2.05, 4.69) is 20.7 Å². The lowest BCUT2D eigenvalue weighted by molar-refractivity contribution is -0.152. The van der Waals surface area contributed by atoms with E-state index in [1.807, 2.05) is 0 Å². The highest BCUT2D eigenvalue weighted by Gasteiger charge is 2.37. The summed E-state index contributed by atoms with van der Waals surface area (Å²) in [5, 5.41) is 0. The van der Waals surface area contributed by atoms with Crippen molar-refractivity contribution in [2.24, 2.45) is 11.1 Å². The Hall–Kier alpha value is -0.940. The number of ether oxygens (including phenoxy) is 1. The summed E-state index contributed by atoms with van der Waals surface area (Å²) in [6.45, 7) is 3.26. The summed E-state index contributed by atoms with van der Waals surface area (Å²) in [5.41, 5.74) is 5.26. The predicted octanol–water partition coefficient (Wildman–Crippen LogP) is 2.79. The molecular weight excluding hydrogens is 289 g/mol. The van der Waals surface area contributed by atoms with Gasteiger partial charge in [0, 0.05) is 16.1 Å². The average molecular weight is 304 g/mol. The summed E-state index contributed by atoms with van der Waals surface area (Å²) in [5.74, 6) is -0.906. The third kappa shape index (κ3) is 2.84. The van der Waals surface area contributed by atoms with Crippen LogP contribution in [0.25, 0.3) is 0 Å². The number of carbonyl (C=O) groups is 1. The van der Waals surface area contributed by atoms with Crippen LogP contribution in [0.1, 0.15) is 25.5 Å². The maximum absolute atomic E-state index is 13.7. The van der Waals surface area contributed by atoms with Gasteiger partial charge in [0.15, 0.2) is 0 Å². The molecule has 0 spiro atoms. The maximum atomic E-state index is 13.7. The Morgan fingerprint density at radius 2 is 2.12 bits per heavy atom. The lowest BCUT2D eigenvalue weighted by atomic mass is 9.81. The first-order valence-electron chi connectivity index (χ1n) is 5.09. The second-order valence-corrected chi connectivity index (χ2v) is 5.27. The van der Waals surface area contributed by atoms with E-state index in [-0.39, 0.29) is 0 Å². The average Bonchev–Trinajstić information content (AvgIpc) is 2.27. The van der Waals surface area contributed by atoms with Crippen LogP contribution in [0.4, 0.5) is 4.39 Å². The molecule has 0 unspecified atom stereocenters. The number of benzene rings is 1. The topological polar surface area (TPSA) is 52.3 Å². The molecule has 0 saturated heterocycles. The zero-order valence-electron chi connectivity index (χ0n) is 9.96. The molecule has 1 aromatic carbocycles. The van der Waals surface area contributed by atoms with E-state index in [0.29, 0.717) is 10.0 Å². The molecule has 0 radical (unpaired) electrons. The van der Waals surface area contributed by atoms with Crippen LogP contribution in [0.15, 0.2) is 22.7 Å². The van der Waals surface area contributed by atoms with Crippen molar-refractivity contribution in [1.29, 1.82) is 0 Å². The van der Waals surface area contributed by atoms with Crippen molar-refractivity contribution in [2.45, 2.75) is 19.9 Å². The summed E-state index contributed by atoms with van der Waals surface area (Å²) in [4.78, 5) is 11.6. The monoisotopic (exact) mass is 303 g/mol. The molecule has 0 bridgehead atoms. The summed E-state index contributed by atoms with van der Waals surface area (Å²) >= 11 is 3.17. The first-order valence-corrected chi connectivity index (χ1v) is 5.89. The summed E-state index contributed by atoms with van der Waals surface area (Å²) in [6.07, 6.45) is 0. The van der Waals surface area contributed by atoms with Crippen LogP contribution in [0, 0.1) is 11.2 Å². The van der Waals surface area contributed by atoms with Crippen molar-refractivity contribution in [2.75, 3.05) is 7.11 Å². The van der Waals surface area contributed by atoms with Gasteiger partial charge in [0.2, 0.25) is 0 Å². The van der Waals surface area contributed by atoms with Gasteiger partial charge in [-0.25, -0.2) is 4.39 Å². The van der Waals surface area contributed by atoms with Gasteiger partial charge in [-0.2, -0.15) is 0 Å². The normalized spacial score (nSPS) is 13.3. The second kappa shape index (κ2) is 5.14. The van der Waals surface area contributed by atoms with Gasteiger partial charge in [-0.1, -0.05) is 22.0 Å². The lowest BCUT2D eigenvalue weighted by Gasteiger charge is -2.29. The first-order chi connectivity index (χ1) is 7.80. The van der Waals surface area contributed by atoms with E-state index in [9.17, 15) is 9.18 Å². The van der Waals surface area contributed by atoms with E-state index >= 15 is 0 Å². The summed E-state index contributed by atoms with van der Waals surface area (Å²) in [6, 6.07) is 3.81. The van der Waals surface area contributed by atoms with Crippen molar-refractivity contribution in [3.05, 3.63) is 34.1 Å². The lowest BCUT2D eigenvalue weighted by Crippen LogP contribution is -2.37. The molecule has 1 aromatic rings. The summed E-state index contributed by atoms with van der Waals surface area (Å²) in [7, 11) is 1.29. The van der Waals surface area contributed by atoms with Crippen LogP contribution in [0.2, 0.25) is 0 Å². The van der Waals surface area contributed by atoms with E-state index in [4.69, 9.17) is 5.73 Å². The number of rotatable bonds is 3. The molecule has 5 heteroatoms. The first kappa shape index (κ1) is 14.1. The molecule has 0 fully saturated rings. The predicted molar refractivity (Wildman–Crippen MR) is 66.8 cm³/mol. The molecule has 0 aliphatic rings. The van der Waals surface area contributed by atoms with Gasteiger partial charge in [0.25, 0.3) is 0 Å². The van der Waals surface area contributed by atoms with Crippen LogP contribution >= 0.6 is 15.9 Å². The van der Waals surface area contributed by atoms with Crippen LogP contribution < -0.4 is 5.73 Å². The van der Waals surface area contributed by atoms with Crippen molar-refractivity contribution in [3.8, 4) is 0 Å². The molecule has 0 aromatic heterocycles. The van der Waals surface area contributed by atoms with Gasteiger partial charge in [-0.3, -0.25) is 4.79 Å². The highest BCUT2D eigenvalue weighted by atomic mass is 79.9. The number of methoxy groups -OCH3 is 1. The molecule has 0 aliphatic carbocycles. The smallest absolute Gasteiger partial charge is 0.313 e. The van der Waals surface area contributed by atoms with E-state index in [1.54, 1.807) is 26.0 Å². The molecule has 0 amide bonds. The Balaban J connectivity index is 3.11. The van der Waals surface area contributed by atoms with Crippen LogP contribution in [-0.2, 0) is 9.53 Å². The van der Waals surface area contributed by atoms with Gasteiger partial charge < -0.3 is 10.5 Å². The van der Waals surface area contributed by atoms with E-state index in [1.165, 1.54) is 13.2 Å². The molecule has 1 atom stereocenters. The molecule has 94 valence electrons. The Kier molecular flexibility index (Phi) is 4.27.